The highest BCUT2D eigenvalue weighted by molar-refractivity contribution is 5.98. The van der Waals surface area contributed by atoms with Crippen molar-refractivity contribution in [3.8, 4) is 5.88 Å². The summed E-state index contributed by atoms with van der Waals surface area (Å²) in [5.74, 6) is -8.84. The van der Waals surface area contributed by atoms with E-state index in [0.717, 1.165) is 37.9 Å². The molecule has 1 aliphatic heterocycles. The van der Waals surface area contributed by atoms with Gasteiger partial charge in [0.25, 0.3) is 5.91 Å². The van der Waals surface area contributed by atoms with E-state index in [1.54, 1.807) is 24.8 Å². The number of likely N-dealkylation sites (N-methyl/N-ethyl adjacent to an activating group) is 1. The molecule has 3 N–H and O–H groups in total. The topological polar surface area (TPSA) is 133 Å². The van der Waals surface area contributed by atoms with Gasteiger partial charge >= 0.3 is 5.92 Å². The molecule has 1 aromatic heterocycles. The quantitative estimate of drug-likeness (QED) is 0.285. The van der Waals surface area contributed by atoms with Crippen molar-refractivity contribution in [3.63, 3.8) is 0 Å². The highest BCUT2D eigenvalue weighted by Gasteiger charge is 2.44. The molecule has 2 aliphatic rings. The summed E-state index contributed by atoms with van der Waals surface area (Å²) in [7, 11) is 3.30. The largest absolute Gasteiger partial charge is 0.481 e. The first-order valence-electron chi connectivity index (χ1n) is 16.9. The Morgan fingerprint density at radius 3 is 2.24 bits per heavy atom. The molecule has 2 heterocycles. The number of piperazine rings is 1. The maximum absolute atomic E-state index is 15.6. The van der Waals surface area contributed by atoms with Gasteiger partial charge in [-0.3, -0.25) is 19.2 Å². The lowest BCUT2D eigenvalue weighted by Crippen LogP contribution is -2.55. The number of hydrogen-bond acceptors (Lipinski definition) is 7. The average Bonchev–Trinajstić information content (AvgIpc) is 3.39. The van der Waals surface area contributed by atoms with Crippen LogP contribution in [-0.2, 0) is 25.1 Å². The first-order valence-corrected chi connectivity index (χ1v) is 16.9. The third kappa shape index (κ3) is 9.49. The molecule has 0 radical (unpaired) electrons. The van der Waals surface area contributed by atoms with E-state index in [0.29, 0.717) is 44.6 Å². The average molecular weight is 689 g/mol. The zero-order chi connectivity index (χ0) is 35.7. The monoisotopic (exact) mass is 688 g/mol. The minimum atomic E-state index is -4.00. The molecule has 1 saturated heterocycles. The van der Waals surface area contributed by atoms with Gasteiger partial charge in [-0.05, 0) is 49.6 Å². The van der Waals surface area contributed by atoms with Crippen LogP contribution in [0.25, 0.3) is 0 Å². The van der Waals surface area contributed by atoms with Crippen molar-refractivity contribution >= 4 is 29.3 Å². The summed E-state index contributed by atoms with van der Waals surface area (Å²) in [6.45, 7) is 5.78. The molecule has 4 rings (SSSR count). The predicted octanol–water partition coefficient (Wildman–Crippen LogP) is 4.19. The second-order valence-electron chi connectivity index (χ2n) is 12.9. The van der Waals surface area contributed by atoms with Crippen LogP contribution in [0, 0.1) is 11.7 Å². The number of nitrogens with zero attached hydrogens (tertiary/aromatic N) is 3. The lowest BCUT2D eigenvalue weighted by Gasteiger charge is -2.36. The fourth-order valence-corrected chi connectivity index (χ4v) is 6.31. The summed E-state index contributed by atoms with van der Waals surface area (Å²) < 4.78 is 51.1. The van der Waals surface area contributed by atoms with Crippen LogP contribution in [0.1, 0.15) is 75.8 Å². The number of aromatic nitrogens is 1. The molecule has 1 aromatic carbocycles. The number of anilines is 1. The number of alkyl halides is 2. The number of nitrogens with one attached hydrogen (secondary N) is 3. The molecule has 0 spiro atoms. The third-order valence-electron chi connectivity index (χ3n) is 9.53. The van der Waals surface area contributed by atoms with Crippen molar-refractivity contribution in [1.29, 1.82) is 0 Å². The van der Waals surface area contributed by atoms with Crippen LogP contribution in [0.15, 0.2) is 36.5 Å². The van der Waals surface area contributed by atoms with Gasteiger partial charge in [0, 0.05) is 56.3 Å². The second kappa shape index (κ2) is 17.0. The fourth-order valence-electron chi connectivity index (χ4n) is 6.31. The zero-order valence-electron chi connectivity index (χ0n) is 28.6. The first-order chi connectivity index (χ1) is 23.3. The molecule has 4 amide bonds. The van der Waals surface area contributed by atoms with Crippen LogP contribution in [0.5, 0.6) is 5.88 Å². The van der Waals surface area contributed by atoms with Crippen molar-refractivity contribution in [1.82, 2.24) is 25.4 Å². The number of carbonyl (C=O) groups excluding carboxylic acids is 4. The molecule has 2 aromatic rings. The van der Waals surface area contributed by atoms with E-state index in [1.807, 2.05) is 7.05 Å². The molecular formula is C35H47F3N6O5. The third-order valence-corrected chi connectivity index (χ3v) is 9.53. The van der Waals surface area contributed by atoms with Crippen molar-refractivity contribution in [2.75, 3.05) is 45.7 Å². The predicted molar refractivity (Wildman–Crippen MR) is 178 cm³/mol. The summed E-state index contributed by atoms with van der Waals surface area (Å²) in [5.41, 5.74) is -0.457. The van der Waals surface area contributed by atoms with Gasteiger partial charge in [0.2, 0.25) is 23.6 Å². The summed E-state index contributed by atoms with van der Waals surface area (Å²) >= 11 is 0. The Bertz CT molecular complexity index is 1460. The molecule has 11 nitrogen and oxygen atoms in total. The van der Waals surface area contributed by atoms with Crippen molar-refractivity contribution in [2.24, 2.45) is 5.92 Å². The van der Waals surface area contributed by atoms with E-state index in [2.05, 4.69) is 25.8 Å². The summed E-state index contributed by atoms with van der Waals surface area (Å²) in [5, 5.41) is 7.57. The van der Waals surface area contributed by atoms with Crippen LogP contribution in [0.3, 0.4) is 0 Å². The Labute approximate surface area is 285 Å². The van der Waals surface area contributed by atoms with E-state index in [4.69, 9.17) is 4.74 Å². The number of methoxy groups -OCH3 is 1. The molecule has 268 valence electrons. The maximum Gasteiger partial charge on any atom is 0.351 e. The van der Waals surface area contributed by atoms with E-state index >= 15 is 13.2 Å². The molecule has 14 heteroatoms. The zero-order valence-corrected chi connectivity index (χ0v) is 28.6. The van der Waals surface area contributed by atoms with Gasteiger partial charge in [0.15, 0.2) is 0 Å². The number of halogens is 3. The number of ether oxygens (including phenoxy) is 1. The Morgan fingerprint density at radius 2 is 1.67 bits per heavy atom. The van der Waals surface area contributed by atoms with Gasteiger partial charge in [-0.2, -0.15) is 8.78 Å². The second-order valence-corrected chi connectivity index (χ2v) is 12.9. The minimum Gasteiger partial charge on any atom is -0.481 e. The Morgan fingerprint density at radius 1 is 1.00 bits per heavy atom. The highest BCUT2D eigenvalue weighted by atomic mass is 19.3. The van der Waals surface area contributed by atoms with Crippen LogP contribution in [0.2, 0.25) is 0 Å². The molecule has 1 saturated carbocycles. The lowest BCUT2D eigenvalue weighted by atomic mass is 9.90. The Hall–Kier alpha value is -4.20. The molecule has 1 aliphatic carbocycles. The number of hydrogen-bond donors (Lipinski definition) is 3. The first kappa shape index (κ1) is 37.6. The van der Waals surface area contributed by atoms with Gasteiger partial charge in [-0.1, -0.05) is 45.6 Å². The van der Waals surface area contributed by atoms with Crippen LogP contribution in [0.4, 0.5) is 18.9 Å². The molecule has 3 atom stereocenters. The lowest BCUT2D eigenvalue weighted by molar-refractivity contribution is -0.149. The van der Waals surface area contributed by atoms with Crippen LogP contribution < -0.4 is 20.7 Å². The van der Waals surface area contributed by atoms with Crippen molar-refractivity contribution < 1.29 is 37.1 Å². The Kier molecular flexibility index (Phi) is 13.0. The number of amides is 4. The molecule has 2 fully saturated rings. The number of carbonyl (C=O) groups is 4. The van der Waals surface area contributed by atoms with Gasteiger partial charge < -0.3 is 30.5 Å². The van der Waals surface area contributed by atoms with Crippen LogP contribution >= 0.6 is 0 Å². The summed E-state index contributed by atoms with van der Waals surface area (Å²) in [6, 6.07) is 4.02. The number of pyridine rings is 1. The van der Waals surface area contributed by atoms with E-state index in [9.17, 15) is 19.2 Å². The van der Waals surface area contributed by atoms with E-state index in [-0.39, 0.29) is 29.8 Å². The van der Waals surface area contributed by atoms with Gasteiger partial charge in [-0.25, -0.2) is 9.37 Å². The number of benzene rings is 1. The molecule has 49 heavy (non-hydrogen) atoms. The SMILES string of the molecule is CCC(=O)N[C@@H](C(=O)N1CCN(C)CC1)[C@@H](C)c1ccc(NC(=O)[C@@H](NC(=O)C(F)(F)c2ccc(OC)nc2)C2CCCCCC2)c(F)c1. The van der Waals surface area contributed by atoms with Crippen molar-refractivity contribution in [3.05, 3.63) is 53.5 Å². The molecule has 0 bridgehead atoms. The number of rotatable bonds is 12. The Balaban J connectivity index is 1.53. The fraction of sp³-hybridized carbons (Fsp3) is 0.571. The molecular weight excluding hydrogens is 641 g/mol. The van der Waals surface area contributed by atoms with Gasteiger partial charge in [-0.15, -0.1) is 0 Å². The smallest absolute Gasteiger partial charge is 0.351 e. The van der Waals surface area contributed by atoms with Crippen LogP contribution in [-0.4, -0.2) is 90.8 Å². The summed E-state index contributed by atoms with van der Waals surface area (Å²) in [4.78, 5) is 60.2. The van der Waals surface area contributed by atoms with E-state index < -0.39 is 53.0 Å². The van der Waals surface area contributed by atoms with Crippen molar-refractivity contribution in [2.45, 2.75) is 82.7 Å². The summed E-state index contributed by atoms with van der Waals surface area (Å²) in [6.07, 6.45) is 5.40. The van der Waals surface area contributed by atoms with E-state index in [1.165, 1.54) is 25.3 Å². The normalized spacial score (nSPS) is 18.1. The maximum atomic E-state index is 15.6. The van der Waals surface area contributed by atoms with Gasteiger partial charge in [0.05, 0.1) is 12.8 Å². The molecule has 0 unspecified atom stereocenters. The highest BCUT2D eigenvalue weighted by Crippen LogP contribution is 2.32. The standard InChI is InChI=1S/C35H47F3N6O5/c1-5-28(45)41-30(33(47)44-18-16-43(3)17-19-44)22(2)24-12-14-27(26(36)20-24)40-32(46)31(23-10-8-6-7-9-11-23)42-34(48)35(37,38)25-13-15-29(49-4)39-21-25/h12-15,20-23,30-31H,5-11,16-19H2,1-4H3,(H,40,46)(H,41,45)(H,42,48)/t22-,30+,31-/m0/s1. The minimum absolute atomic E-state index is 0.0981. The van der Waals surface area contributed by atoms with Gasteiger partial charge in [0.1, 0.15) is 17.9 Å².